The number of hydrogen-bond acceptors (Lipinski definition) is 2. The molecule has 2 aliphatic heterocycles. The maximum absolute atomic E-state index is 3.26. The van der Waals surface area contributed by atoms with Crippen molar-refractivity contribution in [3.05, 3.63) is 423 Å². The van der Waals surface area contributed by atoms with Crippen LogP contribution in [0.4, 0.5) is 34.1 Å². The molecule has 1 aromatic heterocycles. The first kappa shape index (κ1) is 73.3. The van der Waals surface area contributed by atoms with Gasteiger partial charge in [-0.1, -0.05) is 383 Å². The van der Waals surface area contributed by atoms with Crippen LogP contribution in [0.1, 0.15) is 78.0 Å². The Labute approximate surface area is 696 Å². The van der Waals surface area contributed by atoms with E-state index in [1.54, 1.807) is 0 Å². The summed E-state index contributed by atoms with van der Waals surface area (Å²) in [7, 11) is -3.26. The van der Waals surface area contributed by atoms with Crippen molar-refractivity contribution in [1.82, 2.24) is 4.57 Å². The van der Waals surface area contributed by atoms with Crippen molar-refractivity contribution in [2.75, 3.05) is 9.80 Å². The van der Waals surface area contributed by atoms with Crippen molar-refractivity contribution in [3.63, 3.8) is 0 Å². The highest BCUT2D eigenvalue weighted by Crippen LogP contribution is 2.56. The van der Waals surface area contributed by atoms with Crippen LogP contribution in [0.2, 0.25) is 0 Å². The molecule has 0 N–H and O–H groups in total. The topological polar surface area (TPSA) is 11.4 Å². The van der Waals surface area contributed by atoms with Gasteiger partial charge in [0.25, 0.3) is 6.71 Å². The Balaban J connectivity index is 0.982. The molecular weight excluding hydrogens is 1440 g/mol. The molecule has 3 heterocycles. The lowest BCUT2D eigenvalue weighted by Crippen LogP contribution is -2.75. The molecule has 18 aromatic rings. The Hall–Kier alpha value is -13.6. The molecule has 0 atom stereocenters. The molecule has 20 rings (SSSR count). The summed E-state index contributed by atoms with van der Waals surface area (Å²) in [5.41, 5.74) is 33.4. The summed E-state index contributed by atoms with van der Waals surface area (Å²) in [6.45, 7) is 18.5. The molecule has 118 heavy (non-hydrogen) atoms. The largest absolute Gasteiger partial charge is 0.310 e. The zero-order valence-electron chi connectivity index (χ0n) is 68.2. The second-order valence-electron chi connectivity index (χ2n) is 34.5. The third-order valence-electron chi connectivity index (χ3n) is 25.0. The molecule has 0 saturated heterocycles. The van der Waals surface area contributed by atoms with Crippen LogP contribution < -0.4 is 46.9 Å². The Kier molecular flexibility index (Phi) is 18.4. The smallest absolute Gasteiger partial charge is 0.252 e. The first-order chi connectivity index (χ1) is 57.6. The maximum atomic E-state index is 2.78. The fraction of sp³-hybridized carbons (Fsp3) is 0.0973. The summed E-state index contributed by atoms with van der Waals surface area (Å²) in [5.74, 6) is 0.211. The van der Waals surface area contributed by atoms with Crippen LogP contribution in [0.25, 0.3) is 105 Å². The van der Waals surface area contributed by atoms with Crippen molar-refractivity contribution in [1.29, 1.82) is 0 Å². The third kappa shape index (κ3) is 12.7. The van der Waals surface area contributed by atoms with Crippen molar-refractivity contribution in [2.45, 2.75) is 72.1 Å². The van der Waals surface area contributed by atoms with E-state index >= 15 is 0 Å². The molecule has 0 unspecified atom stereocenters. The lowest BCUT2D eigenvalue weighted by Gasteiger charge is -2.46. The average Bonchev–Trinajstić information content (AvgIpc) is 0.728. The van der Waals surface area contributed by atoms with E-state index in [0.29, 0.717) is 0 Å². The fourth-order valence-electron chi connectivity index (χ4n) is 19.0. The van der Waals surface area contributed by atoms with Gasteiger partial charge in [0, 0.05) is 61.5 Å². The SMILES string of the molecule is CC(C)c1cc(-c2ccccc2)c(N2c3cc([Si](c4ccccc4)(c4ccccc4)c4ccccc4)ccc3B3c4ccc(-n5c6ccc(-c7ccccc7)cc6c6cc(-c7ccccc7)ccc65)cc4N(c4c(-c5ccccc5)cc(C(C)(C)C)cc4-c4ccccc4)c4cc(-c5ccc(C(C)(C)C)cc5)cc2c43)c(-c2ccccc2)c1. The van der Waals surface area contributed by atoms with Gasteiger partial charge in [0.05, 0.1) is 22.4 Å². The van der Waals surface area contributed by atoms with Crippen LogP contribution >= 0.6 is 0 Å². The summed E-state index contributed by atoms with van der Waals surface area (Å²) in [4.78, 5) is 5.53. The van der Waals surface area contributed by atoms with Crippen LogP contribution in [0.3, 0.4) is 0 Å². The standard InChI is InChI=1S/C113H92BN3Si/c1-76(2)86-68-95(80-40-22-11-23-41-80)110(96(69-86)81-42-24-12-25-43-81)117-106-75-94(118(91-48-30-15-31-49-91,92-50-32-16-33-51-92)93-52-34-17-35-53-93)61-63-102(106)114-101-62-60-90(115-103-64-56-84(77-36-18-9-19-37-77)66-99(103)100-67-85(57-65-104(100)115)78-38-20-10-21-39-78)74-105(101)116(107-70-87(71-108(117)109(107)114)79-54-58-88(59-55-79)112(3,4)5)111-97(82-44-26-13-27-45-82)72-89(113(6,7)8)73-98(111)83-46-28-14-29-47-83/h9-76H,1-8H3. The maximum Gasteiger partial charge on any atom is 0.252 e. The predicted molar refractivity (Wildman–Crippen MR) is 508 cm³/mol. The first-order valence-corrected chi connectivity index (χ1v) is 43.8. The highest BCUT2D eigenvalue weighted by atomic mass is 28.3. The average molecular weight is 1530 g/mol. The summed E-state index contributed by atoms with van der Waals surface area (Å²) in [6, 6.07) is 156. The predicted octanol–water partition coefficient (Wildman–Crippen LogP) is 25.6. The van der Waals surface area contributed by atoms with Crippen LogP contribution in [0, 0.1) is 0 Å². The Morgan fingerprint density at radius 1 is 0.263 bits per heavy atom. The van der Waals surface area contributed by atoms with Gasteiger partial charge in [-0.25, -0.2) is 0 Å². The van der Waals surface area contributed by atoms with Gasteiger partial charge in [0.15, 0.2) is 8.07 Å². The minimum atomic E-state index is -3.26. The van der Waals surface area contributed by atoms with E-state index in [1.807, 2.05) is 0 Å². The molecule has 0 aliphatic carbocycles. The minimum absolute atomic E-state index is 0.0860. The van der Waals surface area contributed by atoms with Gasteiger partial charge in [0.2, 0.25) is 0 Å². The molecule has 0 saturated carbocycles. The Bertz CT molecular complexity index is 6480. The molecule has 0 bridgehead atoms. The van der Waals surface area contributed by atoms with Gasteiger partial charge >= 0.3 is 0 Å². The van der Waals surface area contributed by atoms with E-state index in [2.05, 4.69) is 476 Å². The third-order valence-corrected chi connectivity index (χ3v) is 29.8. The molecule has 3 nitrogen and oxygen atoms in total. The fourth-order valence-corrected chi connectivity index (χ4v) is 23.8. The number of aromatic nitrogens is 1. The van der Waals surface area contributed by atoms with Crippen LogP contribution in [0.5, 0.6) is 0 Å². The van der Waals surface area contributed by atoms with Crippen molar-refractivity contribution >= 4 is 108 Å². The number of hydrogen-bond donors (Lipinski definition) is 0. The normalized spacial score (nSPS) is 12.6. The molecule has 0 fully saturated rings. The molecule has 0 spiro atoms. The van der Waals surface area contributed by atoms with Crippen LogP contribution in [0.15, 0.2) is 406 Å². The van der Waals surface area contributed by atoms with Gasteiger partial charge in [-0.05, 0) is 205 Å². The number of benzene rings is 17. The molecule has 0 radical (unpaired) electrons. The number of rotatable bonds is 15. The van der Waals surface area contributed by atoms with Gasteiger partial charge in [-0.15, -0.1) is 0 Å². The van der Waals surface area contributed by atoms with Gasteiger partial charge < -0.3 is 14.4 Å². The first-order valence-electron chi connectivity index (χ1n) is 41.8. The van der Waals surface area contributed by atoms with E-state index in [-0.39, 0.29) is 23.5 Å². The van der Waals surface area contributed by atoms with Crippen LogP contribution in [-0.2, 0) is 10.8 Å². The lowest BCUT2D eigenvalue weighted by molar-refractivity contribution is 0.590. The summed E-state index contributed by atoms with van der Waals surface area (Å²) < 4.78 is 2.56. The monoisotopic (exact) mass is 1530 g/mol. The van der Waals surface area contributed by atoms with E-state index in [9.17, 15) is 0 Å². The quantitative estimate of drug-likeness (QED) is 0.0749. The zero-order chi connectivity index (χ0) is 80.0. The number of anilines is 6. The summed E-state index contributed by atoms with van der Waals surface area (Å²) in [6.07, 6.45) is 0. The van der Waals surface area contributed by atoms with Crippen molar-refractivity contribution < 1.29 is 0 Å². The van der Waals surface area contributed by atoms with Crippen molar-refractivity contribution in [3.8, 4) is 83.6 Å². The molecular formula is C113H92BN3Si. The molecule has 5 heteroatoms. The molecule has 17 aromatic carbocycles. The minimum Gasteiger partial charge on any atom is -0.310 e. The number of fused-ring (bicyclic) bond motifs is 7. The summed E-state index contributed by atoms with van der Waals surface area (Å²) >= 11 is 0. The molecule has 2 aliphatic rings. The van der Waals surface area contributed by atoms with E-state index in [4.69, 9.17) is 0 Å². The van der Waals surface area contributed by atoms with E-state index in [0.717, 1.165) is 106 Å². The number of nitrogens with zero attached hydrogens (tertiary/aromatic N) is 3. The van der Waals surface area contributed by atoms with E-state index < -0.39 is 8.07 Å². The van der Waals surface area contributed by atoms with Gasteiger partial charge in [-0.3, -0.25) is 0 Å². The zero-order valence-corrected chi connectivity index (χ0v) is 69.2. The van der Waals surface area contributed by atoms with Crippen LogP contribution in [-0.4, -0.2) is 19.4 Å². The van der Waals surface area contributed by atoms with Gasteiger partial charge in [-0.2, -0.15) is 0 Å². The Morgan fingerprint density at radius 3 is 0.983 bits per heavy atom. The van der Waals surface area contributed by atoms with Gasteiger partial charge in [0.1, 0.15) is 0 Å². The molecule has 0 amide bonds. The lowest BCUT2D eigenvalue weighted by atomic mass is 9.33. The summed E-state index contributed by atoms with van der Waals surface area (Å²) in [5, 5.41) is 7.64. The highest BCUT2D eigenvalue weighted by molar-refractivity contribution is 7.20. The highest BCUT2D eigenvalue weighted by Gasteiger charge is 2.49. The van der Waals surface area contributed by atoms with E-state index in [1.165, 1.54) is 86.9 Å². The van der Waals surface area contributed by atoms with Crippen molar-refractivity contribution in [2.24, 2.45) is 0 Å². The second-order valence-corrected chi connectivity index (χ2v) is 38.3. The Morgan fingerprint density at radius 2 is 0.602 bits per heavy atom. The molecule has 566 valence electrons. The second kappa shape index (κ2) is 29.6.